The summed E-state index contributed by atoms with van der Waals surface area (Å²) in [5.41, 5.74) is 3.21. The van der Waals surface area contributed by atoms with Gasteiger partial charge < -0.3 is 20.4 Å². The van der Waals surface area contributed by atoms with Crippen molar-refractivity contribution in [3.63, 3.8) is 0 Å². The number of hydrogen-bond acceptors (Lipinski definition) is 2. The third-order valence-electron chi connectivity index (χ3n) is 5.38. The summed E-state index contributed by atoms with van der Waals surface area (Å²) >= 11 is 0. The molecule has 6 heteroatoms. The highest BCUT2D eigenvalue weighted by Crippen LogP contribution is 2.17. The van der Waals surface area contributed by atoms with Crippen LogP contribution in [0.15, 0.2) is 18.2 Å². The lowest BCUT2D eigenvalue weighted by atomic mass is 10.1. The van der Waals surface area contributed by atoms with Gasteiger partial charge in [-0.15, -0.1) is 0 Å². The third kappa shape index (κ3) is 6.11. The lowest BCUT2D eigenvalue weighted by molar-refractivity contribution is -1.00. The summed E-state index contributed by atoms with van der Waals surface area (Å²) < 4.78 is 0. The Bertz CT molecular complexity index is 624. The third-order valence-corrected chi connectivity index (χ3v) is 5.38. The molecular weight excluding hydrogens is 328 g/mol. The monoisotopic (exact) mass is 362 g/mol. The quantitative estimate of drug-likeness (QED) is 0.500. The first kappa shape index (κ1) is 20.4. The molecule has 1 saturated heterocycles. The van der Waals surface area contributed by atoms with Crippen LogP contribution in [0, 0.1) is 13.8 Å². The van der Waals surface area contributed by atoms with Crippen LogP contribution in [0.1, 0.15) is 31.4 Å². The van der Waals surface area contributed by atoms with E-state index in [0.29, 0.717) is 13.1 Å². The molecule has 0 aromatic heterocycles. The maximum absolute atomic E-state index is 12.4. The molecule has 144 valence electrons. The molecule has 2 rings (SSSR count). The van der Waals surface area contributed by atoms with Gasteiger partial charge in [-0.05, 0) is 44.4 Å². The minimum absolute atomic E-state index is 0.0617. The predicted octanol–water partition coefficient (Wildman–Crippen LogP) is -1.06. The van der Waals surface area contributed by atoms with Crippen molar-refractivity contribution in [3.8, 4) is 0 Å². The first-order chi connectivity index (χ1) is 12.4. The normalized spacial score (nSPS) is 21.1. The number of carbonyl (C=O) groups is 2. The molecule has 1 aromatic carbocycles. The van der Waals surface area contributed by atoms with Crippen LogP contribution < -0.4 is 20.4 Å². The van der Waals surface area contributed by atoms with Gasteiger partial charge in [0.15, 0.2) is 13.1 Å². The Hall–Kier alpha value is -1.92. The van der Waals surface area contributed by atoms with E-state index in [1.807, 2.05) is 26.0 Å². The highest BCUT2D eigenvalue weighted by Gasteiger charge is 2.26. The number of anilines is 1. The average molecular weight is 363 g/mol. The van der Waals surface area contributed by atoms with Crippen LogP contribution >= 0.6 is 0 Å². The summed E-state index contributed by atoms with van der Waals surface area (Å²) in [5.74, 6) is 0.192. The van der Waals surface area contributed by atoms with E-state index >= 15 is 0 Å². The summed E-state index contributed by atoms with van der Waals surface area (Å²) in [6, 6.07) is 6.21. The van der Waals surface area contributed by atoms with Gasteiger partial charge >= 0.3 is 0 Å². The molecular formula is C20H34N4O2+2. The van der Waals surface area contributed by atoms with Gasteiger partial charge in [-0.25, -0.2) is 0 Å². The smallest absolute Gasteiger partial charge is 0.279 e. The second-order valence-electron chi connectivity index (χ2n) is 7.53. The van der Waals surface area contributed by atoms with Crippen molar-refractivity contribution in [1.82, 2.24) is 5.32 Å². The molecule has 0 bridgehead atoms. The second kappa shape index (κ2) is 9.69. The Morgan fingerprint density at radius 3 is 2.19 bits per heavy atom. The van der Waals surface area contributed by atoms with Gasteiger partial charge in [-0.2, -0.15) is 0 Å². The number of benzene rings is 1. The van der Waals surface area contributed by atoms with Gasteiger partial charge in [0.1, 0.15) is 26.2 Å². The molecule has 6 nitrogen and oxygen atoms in total. The lowest BCUT2D eigenvalue weighted by Crippen LogP contribution is -3.28. The van der Waals surface area contributed by atoms with Crippen molar-refractivity contribution in [3.05, 3.63) is 29.3 Å². The van der Waals surface area contributed by atoms with Crippen LogP contribution in [0.5, 0.6) is 0 Å². The van der Waals surface area contributed by atoms with Crippen molar-refractivity contribution in [1.29, 1.82) is 0 Å². The number of quaternary nitrogens is 2. The number of rotatable bonds is 7. The maximum atomic E-state index is 12.4. The number of piperazine rings is 1. The van der Waals surface area contributed by atoms with Gasteiger partial charge in [0.05, 0.1) is 0 Å². The first-order valence-corrected chi connectivity index (χ1v) is 9.71. The molecule has 4 N–H and O–H groups in total. The second-order valence-corrected chi connectivity index (χ2v) is 7.53. The van der Waals surface area contributed by atoms with Gasteiger partial charge in [0.25, 0.3) is 11.8 Å². The molecule has 1 heterocycles. The van der Waals surface area contributed by atoms with Gasteiger partial charge in [-0.1, -0.05) is 19.1 Å². The minimum atomic E-state index is 0.0617. The summed E-state index contributed by atoms with van der Waals surface area (Å²) in [5, 5.41) is 6.07. The number of nitrogens with one attached hydrogen (secondary N) is 4. The Morgan fingerprint density at radius 1 is 1.04 bits per heavy atom. The van der Waals surface area contributed by atoms with Crippen molar-refractivity contribution in [2.75, 3.05) is 44.6 Å². The fraction of sp³-hybridized carbons (Fsp3) is 0.600. The van der Waals surface area contributed by atoms with Crippen LogP contribution in [0.4, 0.5) is 5.69 Å². The highest BCUT2D eigenvalue weighted by molar-refractivity contribution is 5.92. The van der Waals surface area contributed by atoms with Gasteiger partial charge in [0.2, 0.25) is 0 Å². The van der Waals surface area contributed by atoms with Crippen LogP contribution in [-0.2, 0) is 9.59 Å². The first-order valence-electron chi connectivity index (χ1n) is 9.71. The summed E-state index contributed by atoms with van der Waals surface area (Å²) in [4.78, 5) is 27.0. The van der Waals surface area contributed by atoms with Crippen LogP contribution in [0.25, 0.3) is 0 Å². The number of hydrogen-bond donors (Lipinski definition) is 4. The molecule has 0 spiro atoms. The fourth-order valence-electron chi connectivity index (χ4n) is 3.27. The summed E-state index contributed by atoms with van der Waals surface area (Å²) in [6.07, 6.45) is 0.953. The summed E-state index contributed by atoms with van der Waals surface area (Å²) in [6.45, 7) is 12.9. The average Bonchev–Trinajstić information content (AvgIpc) is 2.60. The molecule has 0 saturated carbocycles. The van der Waals surface area contributed by atoms with Gasteiger partial charge in [0, 0.05) is 11.7 Å². The Balaban J connectivity index is 1.73. The van der Waals surface area contributed by atoms with Crippen molar-refractivity contribution in [2.24, 2.45) is 0 Å². The molecule has 1 aromatic rings. The number of carbonyl (C=O) groups excluding carboxylic acids is 2. The van der Waals surface area contributed by atoms with E-state index in [4.69, 9.17) is 0 Å². The molecule has 1 atom stereocenters. The van der Waals surface area contributed by atoms with E-state index in [2.05, 4.69) is 30.5 Å². The lowest BCUT2D eigenvalue weighted by Gasteiger charge is -2.29. The topological polar surface area (TPSA) is 67.1 Å². The van der Waals surface area contributed by atoms with E-state index in [1.54, 1.807) is 0 Å². The van der Waals surface area contributed by atoms with E-state index in [9.17, 15) is 9.59 Å². The molecule has 0 aliphatic carbocycles. The van der Waals surface area contributed by atoms with E-state index in [-0.39, 0.29) is 17.9 Å². The van der Waals surface area contributed by atoms with Crippen LogP contribution in [0.3, 0.4) is 0 Å². The Morgan fingerprint density at radius 2 is 1.62 bits per heavy atom. The molecule has 2 amide bonds. The summed E-state index contributed by atoms with van der Waals surface area (Å²) in [7, 11) is 0. The van der Waals surface area contributed by atoms with E-state index < -0.39 is 0 Å². The SMILES string of the molecule is CC[C@H](C)NC(=O)C[NH+]1CC[NH+](CC(=O)Nc2cccc(C)c2C)CC1. The largest absolute Gasteiger partial charge is 0.349 e. The molecule has 26 heavy (non-hydrogen) atoms. The van der Waals surface area contributed by atoms with Crippen molar-refractivity contribution < 1.29 is 19.4 Å². The fourth-order valence-corrected chi connectivity index (χ4v) is 3.27. The Labute approximate surface area is 156 Å². The van der Waals surface area contributed by atoms with E-state index in [1.165, 1.54) is 15.4 Å². The standard InChI is InChI=1S/C20H32N4O2/c1-5-16(3)21-19(25)13-23-9-11-24(12-10-23)14-20(26)22-18-8-6-7-15(2)17(18)4/h6-8,16H,5,9-14H2,1-4H3,(H,21,25)(H,22,26)/p+2/t16-/m0/s1. The van der Waals surface area contributed by atoms with Gasteiger partial charge in [-0.3, -0.25) is 9.59 Å². The molecule has 1 aliphatic heterocycles. The van der Waals surface area contributed by atoms with E-state index in [0.717, 1.165) is 43.9 Å². The maximum Gasteiger partial charge on any atom is 0.279 e. The zero-order valence-corrected chi connectivity index (χ0v) is 16.6. The Kier molecular flexibility index (Phi) is 7.60. The zero-order chi connectivity index (χ0) is 19.1. The predicted molar refractivity (Wildman–Crippen MR) is 104 cm³/mol. The molecule has 1 fully saturated rings. The van der Waals surface area contributed by atoms with Crippen LogP contribution in [-0.4, -0.2) is 57.1 Å². The van der Waals surface area contributed by atoms with Crippen molar-refractivity contribution >= 4 is 17.5 Å². The van der Waals surface area contributed by atoms with Crippen molar-refractivity contribution in [2.45, 2.75) is 40.2 Å². The number of amides is 2. The zero-order valence-electron chi connectivity index (χ0n) is 16.6. The number of aryl methyl sites for hydroxylation is 1. The minimum Gasteiger partial charge on any atom is -0.349 e. The molecule has 1 aliphatic rings. The molecule has 0 unspecified atom stereocenters. The van der Waals surface area contributed by atoms with Crippen LogP contribution in [0.2, 0.25) is 0 Å². The molecule has 0 radical (unpaired) electrons. The highest BCUT2D eigenvalue weighted by atomic mass is 16.2.